The molecule has 0 aliphatic carbocycles. The first-order valence-corrected chi connectivity index (χ1v) is 9.04. The van der Waals surface area contributed by atoms with E-state index in [1.54, 1.807) is 12.0 Å². The number of thioether (sulfide) groups is 1. The van der Waals surface area contributed by atoms with Crippen molar-refractivity contribution >= 4 is 29.3 Å². The summed E-state index contributed by atoms with van der Waals surface area (Å²) in [5.41, 5.74) is 2.76. The Morgan fingerprint density at radius 3 is 2.68 bits per heavy atom. The lowest BCUT2D eigenvalue weighted by atomic mass is 10.2. The summed E-state index contributed by atoms with van der Waals surface area (Å²) in [6.07, 6.45) is 0. The van der Waals surface area contributed by atoms with Gasteiger partial charge in [0.05, 0.1) is 12.9 Å². The summed E-state index contributed by atoms with van der Waals surface area (Å²) in [5, 5.41) is 2.63. The van der Waals surface area contributed by atoms with E-state index >= 15 is 0 Å². The van der Waals surface area contributed by atoms with E-state index in [0.29, 0.717) is 5.75 Å². The maximum atomic E-state index is 12.4. The zero-order chi connectivity index (χ0) is 17.8. The summed E-state index contributed by atoms with van der Waals surface area (Å²) in [5.74, 6) is 0.832. The SMILES string of the molecule is COc1ccccc1C1SCC(=O)N1CC(=O)Nc1ccc(C)cc1. The number of carbonyl (C=O) groups is 2. The number of para-hydroxylation sites is 1. The molecule has 1 aliphatic heterocycles. The van der Waals surface area contributed by atoms with Crippen molar-refractivity contribution in [3.63, 3.8) is 0 Å². The molecule has 1 unspecified atom stereocenters. The van der Waals surface area contributed by atoms with Crippen molar-refractivity contribution in [1.29, 1.82) is 0 Å². The summed E-state index contributed by atoms with van der Waals surface area (Å²) >= 11 is 1.51. The lowest BCUT2D eigenvalue weighted by Crippen LogP contribution is -2.36. The highest BCUT2D eigenvalue weighted by atomic mass is 32.2. The number of benzene rings is 2. The topological polar surface area (TPSA) is 58.6 Å². The smallest absolute Gasteiger partial charge is 0.244 e. The molecule has 1 saturated heterocycles. The minimum Gasteiger partial charge on any atom is -0.496 e. The summed E-state index contributed by atoms with van der Waals surface area (Å²) < 4.78 is 5.40. The molecule has 0 spiro atoms. The lowest BCUT2D eigenvalue weighted by Gasteiger charge is -2.25. The third-order valence-electron chi connectivity index (χ3n) is 4.02. The number of nitrogens with one attached hydrogen (secondary N) is 1. The van der Waals surface area contributed by atoms with E-state index in [-0.39, 0.29) is 23.7 Å². The van der Waals surface area contributed by atoms with Gasteiger partial charge in [-0.15, -0.1) is 11.8 Å². The van der Waals surface area contributed by atoms with E-state index < -0.39 is 0 Å². The highest BCUT2D eigenvalue weighted by Crippen LogP contribution is 2.42. The van der Waals surface area contributed by atoms with Crippen LogP contribution in [0.5, 0.6) is 5.75 Å². The Bertz CT molecular complexity index is 776. The van der Waals surface area contributed by atoms with Gasteiger partial charge in [0.1, 0.15) is 17.7 Å². The minimum atomic E-state index is -0.215. The molecular weight excluding hydrogens is 336 g/mol. The van der Waals surface area contributed by atoms with Gasteiger partial charge < -0.3 is 15.0 Å². The molecule has 2 aromatic carbocycles. The molecule has 0 bridgehead atoms. The molecule has 1 N–H and O–H groups in total. The molecule has 6 heteroatoms. The number of hydrogen-bond donors (Lipinski definition) is 1. The normalized spacial score (nSPS) is 16.8. The van der Waals surface area contributed by atoms with E-state index in [0.717, 1.165) is 22.6 Å². The molecular formula is C19H20N2O3S. The van der Waals surface area contributed by atoms with Gasteiger partial charge in [0.15, 0.2) is 0 Å². The third-order valence-corrected chi connectivity index (χ3v) is 5.26. The summed E-state index contributed by atoms with van der Waals surface area (Å²) in [4.78, 5) is 26.3. The van der Waals surface area contributed by atoms with Crippen LogP contribution in [0.1, 0.15) is 16.5 Å². The Balaban J connectivity index is 1.73. The number of nitrogens with zero attached hydrogens (tertiary/aromatic N) is 1. The molecule has 1 fully saturated rings. The van der Waals surface area contributed by atoms with Crippen LogP contribution in [0.2, 0.25) is 0 Å². The molecule has 130 valence electrons. The van der Waals surface area contributed by atoms with E-state index in [4.69, 9.17) is 4.74 Å². The Morgan fingerprint density at radius 2 is 1.96 bits per heavy atom. The molecule has 1 atom stereocenters. The molecule has 0 aromatic heterocycles. The number of amides is 2. The van der Waals surface area contributed by atoms with Crippen LogP contribution in [-0.4, -0.2) is 36.1 Å². The third kappa shape index (κ3) is 3.96. The fourth-order valence-electron chi connectivity index (χ4n) is 2.75. The van der Waals surface area contributed by atoms with Crippen LogP contribution in [-0.2, 0) is 9.59 Å². The van der Waals surface area contributed by atoms with Crippen molar-refractivity contribution in [2.45, 2.75) is 12.3 Å². The molecule has 0 saturated carbocycles. The van der Waals surface area contributed by atoms with Crippen LogP contribution >= 0.6 is 11.8 Å². The Morgan fingerprint density at radius 1 is 1.24 bits per heavy atom. The minimum absolute atomic E-state index is 0.0163. The Labute approximate surface area is 151 Å². The van der Waals surface area contributed by atoms with Crippen LogP contribution < -0.4 is 10.1 Å². The molecule has 2 aromatic rings. The summed E-state index contributed by atoms with van der Waals surface area (Å²) in [6.45, 7) is 2.01. The van der Waals surface area contributed by atoms with Crippen molar-refractivity contribution in [3.8, 4) is 5.75 Å². The van der Waals surface area contributed by atoms with Crippen LogP contribution in [0.4, 0.5) is 5.69 Å². The quantitative estimate of drug-likeness (QED) is 0.894. The largest absolute Gasteiger partial charge is 0.496 e. The first-order chi connectivity index (χ1) is 12.1. The summed E-state index contributed by atoms with van der Waals surface area (Å²) in [6, 6.07) is 15.2. The zero-order valence-corrected chi connectivity index (χ0v) is 15.0. The number of hydrogen-bond acceptors (Lipinski definition) is 4. The Hall–Kier alpha value is -2.47. The van der Waals surface area contributed by atoms with Gasteiger partial charge in [0.25, 0.3) is 0 Å². The van der Waals surface area contributed by atoms with E-state index in [1.165, 1.54) is 11.8 Å². The van der Waals surface area contributed by atoms with Crippen molar-refractivity contribution in [1.82, 2.24) is 4.90 Å². The Kier molecular flexibility index (Phi) is 5.28. The highest BCUT2D eigenvalue weighted by Gasteiger charge is 2.35. The number of methoxy groups -OCH3 is 1. The fraction of sp³-hybridized carbons (Fsp3) is 0.263. The molecule has 2 amide bonds. The lowest BCUT2D eigenvalue weighted by molar-refractivity contribution is -0.132. The number of aryl methyl sites for hydroxylation is 1. The van der Waals surface area contributed by atoms with E-state index in [2.05, 4.69) is 5.32 Å². The van der Waals surface area contributed by atoms with Gasteiger partial charge in [-0.3, -0.25) is 9.59 Å². The van der Waals surface area contributed by atoms with Crippen LogP contribution in [0, 0.1) is 6.92 Å². The average molecular weight is 356 g/mol. The maximum absolute atomic E-state index is 12.4. The van der Waals surface area contributed by atoms with E-state index in [9.17, 15) is 9.59 Å². The second-order valence-electron chi connectivity index (χ2n) is 5.84. The predicted molar refractivity (Wildman–Crippen MR) is 99.7 cm³/mol. The van der Waals surface area contributed by atoms with Crippen LogP contribution in [0.15, 0.2) is 48.5 Å². The maximum Gasteiger partial charge on any atom is 0.244 e. The molecule has 3 rings (SSSR count). The van der Waals surface area contributed by atoms with Crippen molar-refractivity contribution in [3.05, 3.63) is 59.7 Å². The number of rotatable bonds is 5. The zero-order valence-electron chi connectivity index (χ0n) is 14.2. The van der Waals surface area contributed by atoms with Gasteiger partial charge >= 0.3 is 0 Å². The average Bonchev–Trinajstić information content (AvgIpc) is 2.97. The number of carbonyl (C=O) groups excluding carboxylic acids is 2. The van der Waals surface area contributed by atoms with Crippen molar-refractivity contribution in [2.75, 3.05) is 24.7 Å². The standard InChI is InChI=1S/C19H20N2O3S/c1-13-7-9-14(10-8-13)20-17(22)11-21-18(23)12-25-19(21)15-5-3-4-6-16(15)24-2/h3-10,19H,11-12H2,1-2H3,(H,20,22). The van der Waals surface area contributed by atoms with Gasteiger partial charge in [-0.1, -0.05) is 35.9 Å². The summed E-state index contributed by atoms with van der Waals surface area (Å²) in [7, 11) is 1.61. The first kappa shape index (κ1) is 17.4. The molecule has 5 nitrogen and oxygen atoms in total. The fourth-order valence-corrected chi connectivity index (χ4v) is 3.96. The molecule has 1 heterocycles. The van der Waals surface area contributed by atoms with Crippen LogP contribution in [0.3, 0.4) is 0 Å². The van der Waals surface area contributed by atoms with Crippen molar-refractivity contribution in [2.24, 2.45) is 0 Å². The molecule has 25 heavy (non-hydrogen) atoms. The molecule has 1 aliphatic rings. The monoisotopic (exact) mass is 356 g/mol. The molecule has 0 radical (unpaired) electrons. The van der Waals surface area contributed by atoms with Crippen molar-refractivity contribution < 1.29 is 14.3 Å². The highest BCUT2D eigenvalue weighted by molar-refractivity contribution is 8.00. The van der Waals surface area contributed by atoms with E-state index in [1.807, 2.05) is 55.5 Å². The van der Waals surface area contributed by atoms with Crippen LogP contribution in [0.25, 0.3) is 0 Å². The number of ether oxygens (including phenoxy) is 1. The second kappa shape index (κ2) is 7.61. The first-order valence-electron chi connectivity index (χ1n) is 7.99. The van der Waals surface area contributed by atoms with Gasteiger partial charge in [-0.2, -0.15) is 0 Å². The van der Waals surface area contributed by atoms with Gasteiger partial charge in [-0.25, -0.2) is 0 Å². The van der Waals surface area contributed by atoms with Gasteiger partial charge in [0, 0.05) is 11.3 Å². The second-order valence-corrected chi connectivity index (χ2v) is 6.91. The predicted octanol–water partition coefficient (Wildman–Crippen LogP) is 3.22. The number of anilines is 1. The van der Waals surface area contributed by atoms with Gasteiger partial charge in [0.2, 0.25) is 11.8 Å². The van der Waals surface area contributed by atoms with Gasteiger partial charge in [-0.05, 0) is 25.1 Å².